The topological polar surface area (TPSA) is 3.24 Å². The van der Waals surface area contributed by atoms with Crippen molar-refractivity contribution in [1.82, 2.24) is 0 Å². The molecular weight excluding hydrogens is 415 g/mol. The van der Waals surface area contributed by atoms with Crippen molar-refractivity contribution in [1.29, 1.82) is 0 Å². The number of halogens is 3. The molecule has 1 aliphatic carbocycles. The van der Waals surface area contributed by atoms with E-state index in [1.807, 2.05) is 12.1 Å². The van der Waals surface area contributed by atoms with E-state index in [2.05, 4.69) is 24.3 Å². The van der Waals surface area contributed by atoms with E-state index in [1.54, 1.807) is 35.4 Å². The zero-order valence-electron chi connectivity index (χ0n) is 17.4. The van der Waals surface area contributed by atoms with Crippen molar-refractivity contribution < 1.29 is 13.2 Å². The van der Waals surface area contributed by atoms with Gasteiger partial charge in [0.05, 0.1) is 21.6 Å². The Morgan fingerprint density at radius 2 is 1.42 bits per heavy atom. The lowest BCUT2D eigenvalue weighted by Crippen LogP contribution is -2.16. The minimum absolute atomic E-state index is 0.174. The average Bonchev–Trinajstić information content (AvgIpc) is 3.17. The third-order valence-electron chi connectivity index (χ3n) is 6.51. The van der Waals surface area contributed by atoms with Crippen LogP contribution in [0.3, 0.4) is 0 Å². The van der Waals surface area contributed by atoms with Crippen LogP contribution in [0.1, 0.15) is 49.1 Å². The number of nitrogens with zero attached hydrogens (tertiary/aromatic N) is 1. The summed E-state index contributed by atoms with van der Waals surface area (Å²) in [6, 6.07) is 18.3. The molecule has 0 amide bonds. The van der Waals surface area contributed by atoms with Crippen LogP contribution in [-0.2, 0) is 6.18 Å². The van der Waals surface area contributed by atoms with E-state index in [9.17, 15) is 13.2 Å². The van der Waals surface area contributed by atoms with E-state index in [-0.39, 0.29) is 5.69 Å². The number of thiophene rings is 1. The third-order valence-corrected chi connectivity index (χ3v) is 7.80. The van der Waals surface area contributed by atoms with E-state index in [0.717, 1.165) is 21.8 Å². The minimum Gasteiger partial charge on any atom is -0.343 e. The predicted molar refractivity (Wildman–Crippen MR) is 125 cm³/mol. The van der Waals surface area contributed by atoms with Crippen molar-refractivity contribution in [2.75, 3.05) is 11.9 Å². The van der Waals surface area contributed by atoms with Gasteiger partial charge in [0, 0.05) is 22.5 Å². The van der Waals surface area contributed by atoms with Gasteiger partial charge in [-0.05, 0) is 42.5 Å². The molecule has 1 aromatic heterocycles. The molecule has 0 atom stereocenters. The van der Waals surface area contributed by atoms with Crippen molar-refractivity contribution in [3.63, 3.8) is 0 Å². The monoisotopic (exact) mass is 439 g/mol. The van der Waals surface area contributed by atoms with Crippen LogP contribution in [0.15, 0.2) is 60.7 Å². The van der Waals surface area contributed by atoms with Crippen LogP contribution in [0.2, 0.25) is 0 Å². The van der Waals surface area contributed by atoms with Gasteiger partial charge in [-0.1, -0.05) is 61.7 Å². The molecule has 0 radical (unpaired) electrons. The van der Waals surface area contributed by atoms with Crippen LogP contribution in [-0.4, -0.2) is 7.05 Å². The average molecular weight is 440 g/mol. The molecule has 1 heterocycles. The van der Waals surface area contributed by atoms with Gasteiger partial charge < -0.3 is 4.90 Å². The van der Waals surface area contributed by atoms with E-state index in [1.165, 1.54) is 53.8 Å². The summed E-state index contributed by atoms with van der Waals surface area (Å²) in [7, 11) is 1.73. The first kappa shape index (κ1) is 20.4. The lowest BCUT2D eigenvalue weighted by Gasteiger charge is -2.24. The number of hydrogen-bond donors (Lipinski definition) is 0. The Balaban J connectivity index is 1.68. The molecule has 3 aromatic carbocycles. The second kappa shape index (κ2) is 7.86. The molecule has 5 heteroatoms. The number of alkyl halides is 3. The van der Waals surface area contributed by atoms with Gasteiger partial charge in [-0.15, -0.1) is 11.3 Å². The smallest absolute Gasteiger partial charge is 0.343 e. The summed E-state index contributed by atoms with van der Waals surface area (Å²) in [5.74, 6) is 0.581. The van der Waals surface area contributed by atoms with Gasteiger partial charge in [0.25, 0.3) is 0 Å². The molecule has 0 bridgehead atoms. The number of hydrogen-bond acceptors (Lipinski definition) is 2. The summed E-state index contributed by atoms with van der Waals surface area (Å²) in [5.41, 5.74) is 1.78. The van der Waals surface area contributed by atoms with Gasteiger partial charge in [0.1, 0.15) is 0 Å². The van der Waals surface area contributed by atoms with Crippen LogP contribution >= 0.6 is 11.3 Å². The van der Waals surface area contributed by atoms with Gasteiger partial charge in [-0.25, -0.2) is 0 Å². The first-order chi connectivity index (χ1) is 14.9. The summed E-state index contributed by atoms with van der Waals surface area (Å²) in [5, 5.41) is 2.33. The van der Waals surface area contributed by atoms with Gasteiger partial charge in [0.2, 0.25) is 0 Å². The zero-order chi connectivity index (χ0) is 21.6. The highest BCUT2D eigenvalue weighted by molar-refractivity contribution is 7.26. The summed E-state index contributed by atoms with van der Waals surface area (Å²) < 4.78 is 43.2. The molecule has 31 heavy (non-hydrogen) atoms. The molecule has 160 valence electrons. The van der Waals surface area contributed by atoms with Gasteiger partial charge in [0.15, 0.2) is 0 Å². The highest BCUT2D eigenvalue weighted by Gasteiger charge is 2.34. The lowest BCUT2D eigenvalue weighted by atomic mass is 9.84. The van der Waals surface area contributed by atoms with Crippen LogP contribution in [0.4, 0.5) is 24.5 Å². The van der Waals surface area contributed by atoms with Crippen molar-refractivity contribution >= 4 is 42.9 Å². The number of rotatable bonds is 3. The number of para-hydroxylation sites is 1. The number of anilines is 2. The molecular formula is C26H24F3NS. The van der Waals surface area contributed by atoms with E-state index >= 15 is 0 Å². The molecule has 0 spiro atoms. The van der Waals surface area contributed by atoms with Crippen molar-refractivity contribution in [3.8, 4) is 0 Å². The van der Waals surface area contributed by atoms with Crippen LogP contribution in [0, 0.1) is 0 Å². The third kappa shape index (κ3) is 3.59. The highest BCUT2D eigenvalue weighted by atomic mass is 32.1. The fourth-order valence-electron chi connectivity index (χ4n) is 4.96. The van der Waals surface area contributed by atoms with Gasteiger partial charge in [-0.3, -0.25) is 0 Å². The van der Waals surface area contributed by atoms with Crippen LogP contribution in [0.5, 0.6) is 0 Å². The maximum absolute atomic E-state index is 13.6. The highest BCUT2D eigenvalue weighted by Crippen LogP contribution is 2.46. The summed E-state index contributed by atoms with van der Waals surface area (Å²) >= 11 is 1.72. The van der Waals surface area contributed by atoms with Gasteiger partial charge in [-0.2, -0.15) is 13.2 Å². The maximum atomic E-state index is 13.6. The zero-order valence-corrected chi connectivity index (χ0v) is 18.2. The molecule has 1 saturated carbocycles. The van der Waals surface area contributed by atoms with E-state index < -0.39 is 11.7 Å². The Morgan fingerprint density at radius 1 is 0.774 bits per heavy atom. The Morgan fingerprint density at radius 3 is 2.16 bits per heavy atom. The Kier molecular flexibility index (Phi) is 5.17. The molecule has 0 aliphatic heterocycles. The van der Waals surface area contributed by atoms with Gasteiger partial charge >= 0.3 is 6.18 Å². The first-order valence-corrected chi connectivity index (χ1v) is 11.6. The molecule has 1 aliphatic rings. The Labute approximate surface area is 184 Å². The summed E-state index contributed by atoms with van der Waals surface area (Å²) in [6.45, 7) is 0. The minimum atomic E-state index is -4.40. The molecule has 0 unspecified atom stereocenters. The normalized spacial score (nSPS) is 15.6. The first-order valence-electron chi connectivity index (χ1n) is 10.8. The van der Waals surface area contributed by atoms with Crippen molar-refractivity contribution in [2.45, 2.75) is 44.2 Å². The number of benzene rings is 3. The molecule has 1 nitrogen and oxygen atoms in total. The predicted octanol–water partition coefficient (Wildman–Crippen LogP) is 8.89. The largest absolute Gasteiger partial charge is 0.418 e. The summed E-state index contributed by atoms with van der Waals surface area (Å²) in [4.78, 5) is 1.68. The fourth-order valence-corrected chi connectivity index (χ4v) is 6.40. The molecule has 0 saturated heterocycles. The number of fused-ring (bicyclic) bond motifs is 3. The van der Waals surface area contributed by atoms with Crippen molar-refractivity contribution in [2.24, 2.45) is 0 Å². The fraction of sp³-hybridized carbons (Fsp3) is 0.308. The SMILES string of the molecule is CN(c1ccccc1C(F)(F)F)c1cccc2c1sc1c(C3CCCCC3)cccc12. The molecule has 5 rings (SSSR count). The Hall–Kier alpha value is -2.53. The van der Waals surface area contributed by atoms with E-state index in [0.29, 0.717) is 5.92 Å². The molecule has 0 N–H and O–H groups in total. The second-order valence-corrected chi connectivity index (χ2v) is 9.41. The van der Waals surface area contributed by atoms with Crippen molar-refractivity contribution in [3.05, 3.63) is 71.8 Å². The standard InChI is InChI=1S/C26H24F3NS/c1-30(22-15-6-5-14-21(22)26(27,28)29)23-16-8-13-20-19-12-7-11-18(24(19)31-25(20)23)17-9-3-2-4-10-17/h5-8,11-17H,2-4,9-10H2,1H3. The maximum Gasteiger partial charge on any atom is 0.418 e. The second-order valence-electron chi connectivity index (χ2n) is 8.39. The Bertz CT molecular complexity index is 1230. The van der Waals surface area contributed by atoms with Crippen LogP contribution in [0.25, 0.3) is 20.2 Å². The quantitative estimate of drug-likeness (QED) is 0.308. The van der Waals surface area contributed by atoms with Crippen LogP contribution < -0.4 is 4.90 Å². The lowest BCUT2D eigenvalue weighted by molar-refractivity contribution is -0.137. The summed E-state index contributed by atoms with van der Waals surface area (Å²) in [6.07, 6.45) is 1.90. The van der Waals surface area contributed by atoms with E-state index in [4.69, 9.17) is 0 Å². The molecule has 1 fully saturated rings. The molecule has 4 aromatic rings.